The highest BCUT2D eigenvalue weighted by molar-refractivity contribution is 7.16. The van der Waals surface area contributed by atoms with Crippen LogP contribution in [-0.4, -0.2) is 28.6 Å². The van der Waals surface area contributed by atoms with Gasteiger partial charge in [0, 0.05) is 30.8 Å². The largest absolute Gasteiger partial charge is 0.380 e. The zero-order chi connectivity index (χ0) is 20.3. The Hall–Kier alpha value is -2.84. The van der Waals surface area contributed by atoms with Gasteiger partial charge >= 0.3 is 0 Å². The highest BCUT2D eigenvalue weighted by Gasteiger charge is 2.13. The Morgan fingerprint density at radius 2 is 1.96 bits per heavy atom. The minimum atomic E-state index is -0.496. The third kappa shape index (κ3) is 4.18. The van der Waals surface area contributed by atoms with E-state index in [0.29, 0.717) is 30.1 Å². The van der Waals surface area contributed by atoms with Crippen LogP contribution in [0.5, 0.6) is 0 Å². The lowest BCUT2D eigenvalue weighted by molar-refractivity contribution is -0.384. The molecule has 0 saturated heterocycles. The van der Waals surface area contributed by atoms with Gasteiger partial charge in [-0.3, -0.25) is 14.9 Å². The maximum atomic E-state index is 12.6. The van der Waals surface area contributed by atoms with E-state index in [9.17, 15) is 14.9 Å². The molecule has 146 valence electrons. The van der Waals surface area contributed by atoms with Crippen molar-refractivity contribution in [2.24, 2.45) is 4.99 Å². The zero-order valence-electron chi connectivity index (χ0n) is 16.0. The van der Waals surface area contributed by atoms with Crippen LogP contribution in [0.3, 0.4) is 0 Å². The second-order valence-corrected chi connectivity index (χ2v) is 7.36. The molecule has 0 aliphatic carbocycles. The molecule has 3 rings (SSSR count). The number of thiazole rings is 1. The minimum absolute atomic E-state index is 0.0590. The second-order valence-electron chi connectivity index (χ2n) is 6.38. The molecule has 0 bridgehead atoms. The van der Waals surface area contributed by atoms with E-state index in [1.165, 1.54) is 35.6 Å². The third-order valence-corrected chi connectivity index (χ3v) is 5.53. The van der Waals surface area contributed by atoms with E-state index in [2.05, 4.69) is 17.1 Å². The van der Waals surface area contributed by atoms with Gasteiger partial charge in [0.05, 0.1) is 21.7 Å². The maximum Gasteiger partial charge on any atom is 0.279 e. The van der Waals surface area contributed by atoms with Crippen molar-refractivity contribution in [3.05, 3.63) is 68.0 Å². The second kappa shape index (κ2) is 8.45. The number of carbonyl (C=O) groups excluding carboxylic acids is 1. The van der Waals surface area contributed by atoms with Crippen molar-refractivity contribution >= 4 is 33.1 Å². The number of benzene rings is 2. The van der Waals surface area contributed by atoms with E-state index in [0.717, 1.165) is 21.3 Å². The van der Waals surface area contributed by atoms with Crippen LogP contribution in [0, 0.1) is 24.0 Å². The van der Waals surface area contributed by atoms with E-state index >= 15 is 0 Å². The number of fused-ring (bicyclic) bond motifs is 1. The Bertz CT molecular complexity index is 1100. The molecule has 0 radical (unpaired) electrons. The van der Waals surface area contributed by atoms with Gasteiger partial charge < -0.3 is 9.30 Å². The number of hydrogen-bond donors (Lipinski definition) is 0. The van der Waals surface area contributed by atoms with Gasteiger partial charge in [0.2, 0.25) is 0 Å². The van der Waals surface area contributed by atoms with E-state index in [1.807, 2.05) is 25.3 Å². The first-order chi connectivity index (χ1) is 13.4. The van der Waals surface area contributed by atoms with Crippen molar-refractivity contribution < 1.29 is 14.5 Å². The summed E-state index contributed by atoms with van der Waals surface area (Å²) in [7, 11) is 0. The topological polar surface area (TPSA) is 86.7 Å². The predicted molar refractivity (Wildman–Crippen MR) is 109 cm³/mol. The number of nitro benzene ring substituents is 1. The number of rotatable bonds is 6. The number of nitrogens with zero attached hydrogens (tertiary/aromatic N) is 3. The zero-order valence-corrected chi connectivity index (χ0v) is 16.8. The van der Waals surface area contributed by atoms with Crippen LogP contribution in [0.1, 0.15) is 28.4 Å². The normalized spacial score (nSPS) is 11.9. The third-order valence-electron chi connectivity index (χ3n) is 4.30. The Labute approximate surface area is 166 Å². The summed E-state index contributed by atoms with van der Waals surface area (Å²) in [6.45, 7) is 7.75. The summed E-state index contributed by atoms with van der Waals surface area (Å²) >= 11 is 1.46. The van der Waals surface area contributed by atoms with Crippen molar-refractivity contribution in [1.82, 2.24) is 4.57 Å². The van der Waals surface area contributed by atoms with Gasteiger partial charge in [-0.25, -0.2) is 0 Å². The molecule has 0 aliphatic rings. The van der Waals surface area contributed by atoms with Crippen molar-refractivity contribution in [3.8, 4) is 0 Å². The molecule has 0 atom stereocenters. The first-order valence-electron chi connectivity index (χ1n) is 8.92. The molecule has 0 fully saturated rings. The number of amides is 1. The van der Waals surface area contributed by atoms with E-state index in [4.69, 9.17) is 4.74 Å². The van der Waals surface area contributed by atoms with Gasteiger partial charge in [-0.15, -0.1) is 0 Å². The number of aryl methyl sites for hydroxylation is 2. The summed E-state index contributed by atoms with van der Waals surface area (Å²) in [5, 5.41) is 10.8. The summed E-state index contributed by atoms with van der Waals surface area (Å²) in [4.78, 5) is 27.8. The molecule has 1 heterocycles. The summed E-state index contributed by atoms with van der Waals surface area (Å²) in [5.74, 6) is -0.430. The fourth-order valence-electron chi connectivity index (χ4n) is 2.99. The maximum absolute atomic E-state index is 12.6. The molecule has 1 amide bonds. The molecule has 28 heavy (non-hydrogen) atoms. The van der Waals surface area contributed by atoms with Crippen LogP contribution in [0.25, 0.3) is 10.2 Å². The van der Waals surface area contributed by atoms with E-state index in [1.54, 1.807) is 0 Å². The molecular formula is C20H21N3O4S. The van der Waals surface area contributed by atoms with Gasteiger partial charge in [0.25, 0.3) is 11.6 Å². The fourth-order valence-corrected chi connectivity index (χ4v) is 4.10. The quantitative estimate of drug-likeness (QED) is 0.356. The molecule has 1 aromatic heterocycles. The number of non-ortho nitro benzene ring substituents is 1. The Balaban J connectivity index is 2.06. The predicted octanol–water partition coefficient (Wildman–Crippen LogP) is 4.01. The molecule has 0 N–H and O–H groups in total. The molecule has 3 aromatic rings. The molecule has 0 unspecified atom stereocenters. The van der Waals surface area contributed by atoms with Crippen molar-refractivity contribution in [3.63, 3.8) is 0 Å². The van der Waals surface area contributed by atoms with Gasteiger partial charge in [-0.2, -0.15) is 4.99 Å². The number of carbonyl (C=O) groups is 1. The van der Waals surface area contributed by atoms with Crippen molar-refractivity contribution in [2.45, 2.75) is 27.3 Å². The van der Waals surface area contributed by atoms with Gasteiger partial charge in [0.15, 0.2) is 4.80 Å². The van der Waals surface area contributed by atoms with E-state index in [-0.39, 0.29) is 5.69 Å². The molecule has 0 spiro atoms. The van der Waals surface area contributed by atoms with Gasteiger partial charge in [-0.05, 0) is 50.1 Å². The summed E-state index contributed by atoms with van der Waals surface area (Å²) in [5.41, 5.74) is 3.55. The van der Waals surface area contributed by atoms with Crippen LogP contribution in [-0.2, 0) is 11.3 Å². The van der Waals surface area contributed by atoms with E-state index < -0.39 is 10.8 Å². The highest BCUT2D eigenvalue weighted by Crippen LogP contribution is 2.23. The monoisotopic (exact) mass is 399 g/mol. The first-order valence-corrected chi connectivity index (χ1v) is 9.74. The molecule has 8 heteroatoms. The highest BCUT2D eigenvalue weighted by atomic mass is 32.1. The average molecular weight is 399 g/mol. The molecular weight excluding hydrogens is 378 g/mol. The molecule has 2 aromatic carbocycles. The summed E-state index contributed by atoms with van der Waals surface area (Å²) < 4.78 is 8.57. The Kier molecular flexibility index (Phi) is 6.01. The van der Waals surface area contributed by atoms with Crippen LogP contribution in [0.4, 0.5) is 5.69 Å². The first kappa shape index (κ1) is 19.9. The van der Waals surface area contributed by atoms with Crippen LogP contribution in [0.2, 0.25) is 0 Å². The minimum Gasteiger partial charge on any atom is -0.380 e. The Morgan fingerprint density at radius 3 is 2.61 bits per heavy atom. The standard InChI is InChI=1S/C20H21N3O4S/c1-4-27-10-9-22-17-12-13(2)11-14(3)18(17)28-20(22)21-19(24)15-5-7-16(8-6-15)23(25)26/h5-8,11-12H,4,9-10H2,1-3H3. The lowest BCUT2D eigenvalue weighted by atomic mass is 10.1. The molecule has 0 saturated carbocycles. The Morgan fingerprint density at radius 1 is 1.25 bits per heavy atom. The average Bonchev–Trinajstić information content (AvgIpc) is 2.99. The van der Waals surface area contributed by atoms with Crippen molar-refractivity contribution in [2.75, 3.05) is 13.2 Å². The summed E-state index contributed by atoms with van der Waals surface area (Å²) in [6, 6.07) is 9.66. The SMILES string of the molecule is CCOCCn1c(=NC(=O)c2ccc([N+](=O)[O-])cc2)sc2c(C)cc(C)cc21. The summed E-state index contributed by atoms with van der Waals surface area (Å²) in [6.07, 6.45) is 0. The lowest BCUT2D eigenvalue weighted by Gasteiger charge is -2.07. The smallest absolute Gasteiger partial charge is 0.279 e. The number of hydrogen-bond acceptors (Lipinski definition) is 5. The number of nitro groups is 1. The van der Waals surface area contributed by atoms with Crippen LogP contribution < -0.4 is 4.80 Å². The lowest BCUT2D eigenvalue weighted by Crippen LogP contribution is -2.19. The van der Waals surface area contributed by atoms with Crippen LogP contribution >= 0.6 is 11.3 Å². The van der Waals surface area contributed by atoms with Crippen molar-refractivity contribution in [1.29, 1.82) is 0 Å². The number of aromatic nitrogens is 1. The van der Waals surface area contributed by atoms with Crippen LogP contribution in [0.15, 0.2) is 41.4 Å². The van der Waals surface area contributed by atoms with Gasteiger partial charge in [0.1, 0.15) is 0 Å². The van der Waals surface area contributed by atoms with Gasteiger partial charge in [-0.1, -0.05) is 17.4 Å². The number of ether oxygens (including phenoxy) is 1. The molecule has 0 aliphatic heterocycles. The fraction of sp³-hybridized carbons (Fsp3) is 0.300. The molecule has 7 nitrogen and oxygen atoms in total.